The van der Waals surface area contributed by atoms with Crippen molar-refractivity contribution < 1.29 is 17.3 Å². The third-order valence-corrected chi connectivity index (χ3v) is 4.14. The summed E-state index contributed by atoms with van der Waals surface area (Å²) >= 11 is 0. The van der Waals surface area contributed by atoms with Crippen molar-refractivity contribution in [2.24, 2.45) is 0 Å². The van der Waals surface area contributed by atoms with E-state index in [9.17, 15) is 8.42 Å². The predicted molar refractivity (Wildman–Crippen MR) is 74.2 cm³/mol. The predicted octanol–water partition coefficient (Wildman–Crippen LogP) is 2.28. The highest BCUT2D eigenvalue weighted by Gasteiger charge is 2.38. The van der Waals surface area contributed by atoms with Crippen molar-refractivity contribution in [2.45, 2.75) is 39.7 Å². The van der Waals surface area contributed by atoms with Crippen LogP contribution in [0, 0.1) is 20.8 Å². The molecule has 0 aliphatic carbocycles. The lowest BCUT2D eigenvalue weighted by Crippen LogP contribution is -2.37. The third-order valence-electron chi connectivity index (χ3n) is 3.59. The number of rotatable bonds is 3. The van der Waals surface area contributed by atoms with Crippen LogP contribution >= 0.6 is 0 Å². The Balaban J connectivity index is 2.29. The average Bonchev–Trinajstić information content (AvgIpc) is 2.63. The van der Waals surface area contributed by atoms with Crippen LogP contribution in [0.1, 0.15) is 29.2 Å². The van der Waals surface area contributed by atoms with Crippen molar-refractivity contribution >= 4 is 10.1 Å². The van der Waals surface area contributed by atoms with Gasteiger partial charge < -0.3 is 4.74 Å². The minimum absolute atomic E-state index is 0.0401. The largest absolute Gasteiger partial charge is 0.484 e. The Labute approximate surface area is 114 Å². The zero-order valence-corrected chi connectivity index (χ0v) is 12.8. The van der Waals surface area contributed by atoms with E-state index >= 15 is 0 Å². The van der Waals surface area contributed by atoms with Crippen molar-refractivity contribution in [1.82, 2.24) is 0 Å². The summed E-state index contributed by atoms with van der Waals surface area (Å²) in [5.74, 6) is 0.886. The highest BCUT2D eigenvalue weighted by atomic mass is 32.2. The molecule has 0 bridgehead atoms. The first-order valence-corrected chi connectivity index (χ1v) is 8.06. The summed E-state index contributed by atoms with van der Waals surface area (Å²) in [7, 11) is -3.45. The van der Waals surface area contributed by atoms with E-state index < -0.39 is 15.7 Å². The minimum atomic E-state index is -3.45. The van der Waals surface area contributed by atoms with Crippen molar-refractivity contribution in [3.05, 3.63) is 28.3 Å². The molecule has 0 saturated heterocycles. The normalized spacial score (nSPS) is 22.2. The summed E-state index contributed by atoms with van der Waals surface area (Å²) in [6, 6.07) is 2.14. The quantitative estimate of drug-likeness (QED) is 0.799. The van der Waals surface area contributed by atoms with E-state index in [0.717, 1.165) is 23.1 Å². The van der Waals surface area contributed by atoms with Gasteiger partial charge in [-0.3, -0.25) is 4.18 Å². The lowest BCUT2D eigenvalue weighted by molar-refractivity contribution is 0.0585. The van der Waals surface area contributed by atoms with Crippen LogP contribution in [0.2, 0.25) is 0 Å². The maximum atomic E-state index is 11.1. The van der Waals surface area contributed by atoms with Gasteiger partial charge in [0, 0.05) is 12.0 Å². The standard InChI is InChI=1S/C14H20O4S/c1-9-6-10(2)12-7-14(4,8-17-19(5,15)16)18-13(12)11(9)3/h6H,7-8H2,1-5H3/t14-/m1/s1. The maximum Gasteiger partial charge on any atom is 0.264 e. The van der Waals surface area contributed by atoms with Crippen molar-refractivity contribution in [1.29, 1.82) is 0 Å². The van der Waals surface area contributed by atoms with Crippen molar-refractivity contribution in [2.75, 3.05) is 12.9 Å². The summed E-state index contributed by atoms with van der Waals surface area (Å²) < 4.78 is 33.1. The fourth-order valence-corrected chi connectivity index (χ4v) is 2.89. The molecule has 0 aromatic heterocycles. The molecule has 0 spiro atoms. The van der Waals surface area contributed by atoms with Gasteiger partial charge in [0.05, 0.1) is 6.26 Å². The van der Waals surface area contributed by atoms with Gasteiger partial charge in [-0.1, -0.05) is 6.07 Å². The van der Waals surface area contributed by atoms with Crippen molar-refractivity contribution in [3.8, 4) is 5.75 Å². The lowest BCUT2D eigenvalue weighted by Gasteiger charge is -2.23. The summed E-state index contributed by atoms with van der Waals surface area (Å²) in [5, 5.41) is 0. The van der Waals surface area contributed by atoms with E-state index in [1.807, 2.05) is 13.8 Å². The number of hydrogen-bond donors (Lipinski definition) is 0. The molecule has 1 atom stereocenters. The molecule has 0 fully saturated rings. The molecule has 0 N–H and O–H groups in total. The smallest absolute Gasteiger partial charge is 0.264 e. The number of hydrogen-bond acceptors (Lipinski definition) is 4. The molecule has 106 valence electrons. The molecule has 1 aliphatic rings. The highest BCUT2D eigenvalue weighted by molar-refractivity contribution is 7.85. The van der Waals surface area contributed by atoms with Crippen LogP contribution in [0.5, 0.6) is 5.75 Å². The molecule has 1 aliphatic heterocycles. The van der Waals surface area contributed by atoms with Gasteiger partial charge in [-0.15, -0.1) is 0 Å². The second-order valence-electron chi connectivity index (χ2n) is 5.64. The second kappa shape index (κ2) is 4.49. The van der Waals surface area contributed by atoms with Crippen LogP contribution in [-0.4, -0.2) is 26.9 Å². The van der Waals surface area contributed by atoms with Gasteiger partial charge in [0.25, 0.3) is 10.1 Å². The minimum Gasteiger partial charge on any atom is -0.484 e. The van der Waals surface area contributed by atoms with Gasteiger partial charge in [-0.2, -0.15) is 8.42 Å². The van der Waals surface area contributed by atoms with E-state index in [1.165, 1.54) is 11.1 Å². The Kier molecular flexibility index (Phi) is 3.39. The first-order valence-electron chi connectivity index (χ1n) is 6.24. The molecule has 2 rings (SSSR count). The average molecular weight is 284 g/mol. The number of aryl methyl sites for hydroxylation is 2. The number of fused-ring (bicyclic) bond motifs is 1. The van der Waals surface area contributed by atoms with E-state index in [0.29, 0.717) is 6.42 Å². The highest BCUT2D eigenvalue weighted by Crippen LogP contribution is 2.41. The summed E-state index contributed by atoms with van der Waals surface area (Å²) in [6.07, 6.45) is 1.73. The van der Waals surface area contributed by atoms with Gasteiger partial charge in [0.15, 0.2) is 0 Å². The second-order valence-corrected chi connectivity index (χ2v) is 7.28. The maximum absolute atomic E-state index is 11.1. The summed E-state index contributed by atoms with van der Waals surface area (Å²) in [5.41, 5.74) is 4.02. The molecule has 1 heterocycles. The van der Waals surface area contributed by atoms with Crippen LogP contribution in [0.3, 0.4) is 0 Å². The van der Waals surface area contributed by atoms with Crippen LogP contribution < -0.4 is 4.74 Å². The molecular weight excluding hydrogens is 264 g/mol. The van der Waals surface area contributed by atoms with E-state index in [4.69, 9.17) is 8.92 Å². The topological polar surface area (TPSA) is 52.6 Å². The van der Waals surface area contributed by atoms with E-state index in [2.05, 4.69) is 19.9 Å². The van der Waals surface area contributed by atoms with Gasteiger partial charge >= 0.3 is 0 Å². The van der Waals surface area contributed by atoms with Crippen LogP contribution in [-0.2, 0) is 20.7 Å². The van der Waals surface area contributed by atoms with E-state index in [-0.39, 0.29) is 6.61 Å². The molecule has 5 heteroatoms. The zero-order chi connectivity index (χ0) is 14.4. The Morgan fingerprint density at radius 2 is 1.95 bits per heavy atom. The molecule has 0 unspecified atom stereocenters. The summed E-state index contributed by atoms with van der Waals surface area (Å²) in [6.45, 7) is 8.05. The van der Waals surface area contributed by atoms with Gasteiger partial charge in [-0.05, 0) is 44.4 Å². The Hall–Kier alpha value is -1.07. The Bertz CT molecular complexity index is 619. The monoisotopic (exact) mass is 284 g/mol. The molecule has 4 nitrogen and oxygen atoms in total. The van der Waals surface area contributed by atoms with Crippen molar-refractivity contribution in [3.63, 3.8) is 0 Å². The SMILES string of the molecule is Cc1cc(C)c2c(c1C)O[C@@](C)(COS(C)(=O)=O)C2. The van der Waals surface area contributed by atoms with Gasteiger partial charge in [-0.25, -0.2) is 0 Å². The molecule has 0 saturated carbocycles. The van der Waals surface area contributed by atoms with Crippen LogP contribution in [0.25, 0.3) is 0 Å². The third kappa shape index (κ3) is 2.92. The molecule has 19 heavy (non-hydrogen) atoms. The first kappa shape index (κ1) is 14.3. The molecule has 0 amide bonds. The van der Waals surface area contributed by atoms with Gasteiger partial charge in [0.2, 0.25) is 0 Å². The van der Waals surface area contributed by atoms with Crippen LogP contribution in [0.4, 0.5) is 0 Å². The fraction of sp³-hybridized carbons (Fsp3) is 0.571. The fourth-order valence-electron chi connectivity index (χ4n) is 2.43. The molecule has 0 radical (unpaired) electrons. The molecule has 1 aromatic carbocycles. The van der Waals surface area contributed by atoms with Crippen LogP contribution in [0.15, 0.2) is 6.07 Å². The van der Waals surface area contributed by atoms with Gasteiger partial charge in [0.1, 0.15) is 18.0 Å². The molecule has 1 aromatic rings. The lowest BCUT2D eigenvalue weighted by atomic mass is 9.94. The Morgan fingerprint density at radius 1 is 1.32 bits per heavy atom. The number of ether oxygens (including phenoxy) is 1. The number of benzene rings is 1. The molecular formula is C14H20O4S. The zero-order valence-electron chi connectivity index (χ0n) is 12.0. The summed E-state index contributed by atoms with van der Waals surface area (Å²) in [4.78, 5) is 0. The first-order chi connectivity index (χ1) is 8.61. The Morgan fingerprint density at radius 3 is 2.53 bits per heavy atom. The van der Waals surface area contributed by atoms with E-state index in [1.54, 1.807) is 0 Å².